The molecule has 0 radical (unpaired) electrons. The number of rotatable bonds is 6. The average molecular weight is 289 g/mol. The molecule has 2 rings (SSSR count). The number of hydrogen-bond acceptors (Lipinski definition) is 4. The van der Waals surface area contributed by atoms with E-state index in [1.54, 1.807) is 31.4 Å². The lowest BCUT2D eigenvalue weighted by molar-refractivity contribution is -0.137. The number of carboxylic acid groups (broad SMARTS) is 1. The van der Waals surface area contributed by atoms with Crippen molar-refractivity contribution in [2.24, 2.45) is 0 Å². The van der Waals surface area contributed by atoms with Gasteiger partial charge >= 0.3 is 5.97 Å². The van der Waals surface area contributed by atoms with E-state index in [9.17, 15) is 9.59 Å². The minimum atomic E-state index is -0.999. The minimum absolute atomic E-state index is 0.254. The Morgan fingerprint density at radius 2 is 2.10 bits per heavy atom. The molecule has 0 bridgehead atoms. The first kappa shape index (κ1) is 14.7. The van der Waals surface area contributed by atoms with Crippen molar-refractivity contribution in [3.05, 3.63) is 47.7 Å². The number of nitrogens with one attached hydrogen (secondary N) is 1. The molecule has 7 heteroatoms. The van der Waals surface area contributed by atoms with E-state index in [4.69, 9.17) is 9.84 Å². The van der Waals surface area contributed by atoms with Crippen molar-refractivity contribution < 1.29 is 19.4 Å². The standard InChI is InChI=1S/C14H15N3O4/c1-21-9-10-4-2-3-5-11(10)14(20)15-12-6-7-17(16-12)8-13(18)19/h2-7H,8-9H2,1H3,(H,18,19)(H,15,16,20). The third kappa shape index (κ3) is 3.90. The summed E-state index contributed by atoms with van der Waals surface area (Å²) in [7, 11) is 1.56. The Bertz CT molecular complexity index is 651. The van der Waals surface area contributed by atoms with Crippen LogP contribution in [-0.2, 0) is 22.7 Å². The van der Waals surface area contributed by atoms with Crippen molar-refractivity contribution in [3.8, 4) is 0 Å². The summed E-state index contributed by atoms with van der Waals surface area (Å²) in [6.45, 7) is 0.0766. The maximum absolute atomic E-state index is 12.2. The van der Waals surface area contributed by atoms with Gasteiger partial charge in [0.2, 0.25) is 0 Å². The number of anilines is 1. The van der Waals surface area contributed by atoms with Gasteiger partial charge in [0.05, 0.1) is 6.61 Å². The van der Waals surface area contributed by atoms with E-state index in [-0.39, 0.29) is 12.5 Å². The van der Waals surface area contributed by atoms with Crippen molar-refractivity contribution in [2.75, 3.05) is 12.4 Å². The fourth-order valence-corrected chi connectivity index (χ4v) is 1.86. The van der Waals surface area contributed by atoms with Crippen LogP contribution in [0.25, 0.3) is 0 Å². The van der Waals surface area contributed by atoms with Crippen molar-refractivity contribution in [3.63, 3.8) is 0 Å². The molecule has 0 aliphatic carbocycles. The fraction of sp³-hybridized carbons (Fsp3) is 0.214. The number of carboxylic acids is 1. The molecule has 2 aromatic rings. The molecule has 0 saturated heterocycles. The monoisotopic (exact) mass is 289 g/mol. The Kier molecular flexibility index (Phi) is 4.68. The summed E-state index contributed by atoms with van der Waals surface area (Å²) in [5, 5.41) is 15.3. The Balaban J connectivity index is 2.11. The minimum Gasteiger partial charge on any atom is -0.480 e. The van der Waals surface area contributed by atoms with Gasteiger partial charge < -0.3 is 15.2 Å². The number of nitrogens with zero attached hydrogens (tertiary/aromatic N) is 2. The van der Waals surface area contributed by atoms with Crippen LogP contribution in [0.3, 0.4) is 0 Å². The van der Waals surface area contributed by atoms with Crippen LogP contribution in [0, 0.1) is 0 Å². The maximum Gasteiger partial charge on any atom is 0.325 e. The number of methoxy groups -OCH3 is 1. The largest absolute Gasteiger partial charge is 0.480 e. The molecule has 1 aromatic carbocycles. The molecule has 1 amide bonds. The molecule has 0 aliphatic rings. The van der Waals surface area contributed by atoms with Gasteiger partial charge in [-0.15, -0.1) is 0 Å². The van der Waals surface area contributed by atoms with Crippen LogP contribution in [0.1, 0.15) is 15.9 Å². The van der Waals surface area contributed by atoms with Gasteiger partial charge in [-0.2, -0.15) is 5.10 Å². The lowest BCUT2D eigenvalue weighted by atomic mass is 10.1. The molecule has 0 aliphatic heterocycles. The highest BCUT2D eigenvalue weighted by atomic mass is 16.5. The molecule has 7 nitrogen and oxygen atoms in total. The molecule has 0 spiro atoms. The van der Waals surface area contributed by atoms with E-state index in [1.165, 1.54) is 10.9 Å². The molecule has 0 saturated carbocycles. The molecule has 21 heavy (non-hydrogen) atoms. The van der Waals surface area contributed by atoms with Gasteiger partial charge in [0, 0.05) is 24.9 Å². The van der Waals surface area contributed by atoms with Crippen LogP contribution in [0.15, 0.2) is 36.5 Å². The number of carbonyl (C=O) groups excluding carboxylic acids is 1. The van der Waals surface area contributed by atoms with E-state index < -0.39 is 5.97 Å². The zero-order chi connectivity index (χ0) is 15.2. The molecule has 0 atom stereocenters. The quantitative estimate of drug-likeness (QED) is 0.837. The molecule has 1 heterocycles. The third-order valence-electron chi connectivity index (χ3n) is 2.74. The van der Waals surface area contributed by atoms with Crippen LogP contribution in [0.5, 0.6) is 0 Å². The SMILES string of the molecule is COCc1ccccc1C(=O)Nc1ccn(CC(=O)O)n1. The summed E-state index contributed by atoms with van der Waals surface area (Å²) in [6, 6.07) is 8.63. The van der Waals surface area contributed by atoms with Crippen LogP contribution in [-0.4, -0.2) is 33.9 Å². The first-order chi connectivity index (χ1) is 10.1. The molecular weight excluding hydrogens is 274 g/mol. The second-order valence-electron chi connectivity index (χ2n) is 4.34. The summed E-state index contributed by atoms with van der Waals surface area (Å²) < 4.78 is 6.29. The second-order valence-corrected chi connectivity index (χ2v) is 4.34. The van der Waals surface area contributed by atoms with Crippen molar-refractivity contribution in [2.45, 2.75) is 13.2 Å². The number of amides is 1. The Labute approximate surface area is 121 Å². The highest BCUT2D eigenvalue weighted by Crippen LogP contribution is 2.12. The zero-order valence-corrected chi connectivity index (χ0v) is 11.4. The Morgan fingerprint density at radius 3 is 2.81 bits per heavy atom. The summed E-state index contributed by atoms with van der Waals surface area (Å²) in [6.07, 6.45) is 1.49. The number of carbonyl (C=O) groups is 2. The summed E-state index contributed by atoms with van der Waals surface area (Å²) in [4.78, 5) is 22.8. The molecule has 0 fully saturated rings. The first-order valence-electron chi connectivity index (χ1n) is 6.23. The second kappa shape index (κ2) is 6.67. The lowest BCUT2D eigenvalue weighted by Crippen LogP contribution is -2.15. The smallest absolute Gasteiger partial charge is 0.325 e. The molecule has 110 valence electrons. The van der Waals surface area contributed by atoms with Crippen LogP contribution >= 0.6 is 0 Å². The van der Waals surface area contributed by atoms with Crippen LogP contribution in [0.4, 0.5) is 5.82 Å². The van der Waals surface area contributed by atoms with Gasteiger partial charge in [0.1, 0.15) is 6.54 Å². The predicted octanol–water partition coefficient (Wildman–Crippen LogP) is 1.37. The third-order valence-corrected chi connectivity index (χ3v) is 2.74. The van der Waals surface area contributed by atoms with E-state index in [0.717, 1.165) is 5.56 Å². The van der Waals surface area contributed by atoms with Gasteiger partial charge in [-0.1, -0.05) is 18.2 Å². The molecule has 2 N–H and O–H groups in total. The van der Waals surface area contributed by atoms with Gasteiger partial charge in [-0.25, -0.2) is 0 Å². The number of benzene rings is 1. The van der Waals surface area contributed by atoms with Crippen LogP contribution in [0.2, 0.25) is 0 Å². The van der Waals surface area contributed by atoms with Gasteiger partial charge in [0.15, 0.2) is 5.82 Å². The highest BCUT2D eigenvalue weighted by Gasteiger charge is 2.12. The van der Waals surface area contributed by atoms with E-state index in [1.807, 2.05) is 6.07 Å². The van der Waals surface area contributed by atoms with Crippen molar-refractivity contribution >= 4 is 17.7 Å². The molecule has 0 unspecified atom stereocenters. The van der Waals surface area contributed by atoms with Gasteiger partial charge in [-0.3, -0.25) is 14.3 Å². The molecule has 1 aromatic heterocycles. The topological polar surface area (TPSA) is 93.5 Å². The lowest BCUT2D eigenvalue weighted by Gasteiger charge is -2.08. The highest BCUT2D eigenvalue weighted by molar-refractivity contribution is 6.04. The normalized spacial score (nSPS) is 10.3. The summed E-state index contributed by atoms with van der Waals surface area (Å²) in [5.41, 5.74) is 1.26. The number of ether oxygens (including phenoxy) is 1. The van der Waals surface area contributed by atoms with Gasteiger partial charge in [-0.05, 0) is 11.6 Å². The number of hydrogen-bond donors (Lipinski definition) is 2. The van der Waals surface area contributed by atoms with E-state index in [0.29, 0.717) is 18.0 Å². The predicted molar refractivity (Wildman–Crippen MR) is 75.0 cm³/mol. The Hall–Kier alpha value is -2.67. The molecular formula is C14H15N3O4. The number of aliphatic carboxylic acids is 1. The van der Waals surface area contributed by atoms with Crippen LogP contribution < -0.4 is 5.32 Å². The first-order valence-corrected chi connectivity index (χ1v) is 6.23. The zero-order valence-electron chi connectivity index (χ0n) is 11.4. The van der Waals surface area contributed by atoms with E-state index >= 15 is 0 Å². The summed E-state index contributed by atoms with van der Waals surface area (Å²) in [5.74, 6) is -1.02. The van der Waals surface area contributed by atoms with E-state index in [2.05, 4.69) is 10.4 Å². The fourth-order valence-electron chi connectivity index (χ4n) is 1.86. The average Bonchev–Trinajstić information content (AvgIpc) is 2.86. The van der Waals surface area contributed by atoms with Crippen molar-refractivity contribution in [1.29, 1.82) is 0 Å². The van der Waals surface area contributed by atoms with Crippen molar-refractivity contribution in [1.82, 2.24) is 9.78 Å². The maximum atomic E-state index is 12.2. The Morgan fingerprint density at radius 1 is 1.33 bits per heavy atom. The van der Waals surface area contributed by atoms with Gasteiger partial charge in [0.25, 0.3) is 5.91 Å². The number of aromatic nitrogens is 2. The summed E-state index contributed by atoms with van der Waals surface area (Å²) >= 11 is 0.